The number of nitrogens with one attached hydrogen (secondary N) is 1. The standard InChI is InChI=1S/C14H31NO/c1-13(2,3)10-9-12(8-7-11-16)15-14(4,5)6/h12,15-16H,7-11H2,1-6H3/t12-/m0/s1. The van der Waals surface area contributed by atoms with Gasteiger partial charge in [-0.05, 0) is 51.9 Å². The van der Waals surface area contributed by atoms with E-state index in [4.69, 9.17) is 5.11 Å². The normalized spacial score (nSPS) is 15.2. The first-order valence-corrected chi connectivity index (χ1v) is 6.52. The molecule has 2 heteroatoms. The zero-order valence-corrected chi connectivity index (χ0v) is 12.1. The van der Waals surface area contributed by atoms with Crippen molar-refractivity contribution in [3.8, 4) is 0 Å². The molecule has 1 atom stereocenters. The molecular formula is C14H31NO. The lowest BCUT2D eigenvalue weighted by atomic mass is 9.87. The summed E-state index contributed by atoms with van der Waals surface area (Å²) < 4.78 is 0. The van der Waals surface area contributed by atoms with Crippen molar-refractivity contribution >= 4 is 0 Å². The molecular weight excluding hydrogens is 198 g/mol. The molecule has 0 saturated carbocycles. The summed E-state index contributed by atoms with van der Waals surface area (Å²) in [5, 5.41) is 12.6. The largest absolute Gasteiger partial charge is 0.396 e. The average molecular weight is 229 g/mol. The Morgan fingerprint density at radius 2 is 1.56 bits per heavy atom. The van der Waals surface area contributed by atoms with Gasteiger partial charge in [-0.25, -0.2) is 0 Å². The van der Waals surface area contributed by atoms with Crippen molar-refractivity contribution in [2.75, 3.05) is 6.61 Å². The molecule has 0 aliphatic rings. The monoisotopic (exact) mass is 229 g/mol. The van der Waals surface area contributed by atoms with Crippen molar-refractivity contribution in [3.63, 3.8) is 0 Å². The van der Waals surface area contributed by atoms with E-state index in [0.29, 0.717) is 18.1 Å². The fourth-order valence-corrected chi connectivity index (χ4v) is 1.85. The van der Waals surface area contributed by atoms with Crippen molar-refractivity contribution in [3.05, 3.63) is 0 Å². The summed E-state index contributed by atoms with van der Waals surface area (Å²) in [6.45, 7) is 13.8. The van der Waals surface area contributed by atoms with Gasteiger partial charge in [-0.1, -0.05) is 20.8 Å². The zero-order chi connectivity index (χ0) is 12.8. The second-order valence-corrected chi connectivity index (χ2v) is 7.06. The fourth-order valence-electron chi connectivity index (χ4n) is 1.85. The van der Waals surface area contributed by atoms with Gasteiger partial charge in [-0.2, -0.15) is 0 Å². The Hall–Kier alpha value is -0.0800. The van der Waals surface area contributed by atoms with E-state index in [1.807, 2.05) is 0 Å². The van der Waals surface area contributed by atoms with Gasteiger partial charge in [0.2, 0.25) is 0 Å². The van der Waals surface area contributed by atoms with Crippen LogP contribution in [0.5, 0.6) is 0 Å². The first kappa shape index (κ1) is 15.9. The Balaban J connectivity index is 4.10. The van der Waals surface area contributed by atoms with E-state index in [0.717, 1.165) is 12.8 Å². The molecule has 0 amide bonds. The summed E-state index contributed by atoms with van der Waals surface area (Å²) in [7, 11) is 0. The molecule has 0 heterocycles. The highest BCUT2D eigenvalue weighted by atomic mass is 16.2. The number of hydrogen-bond donors (Lipinski definition) is 2. The fraction of sp³-hybridized carbons (Fsp3) is 1.00. The molecule has 0 radical (unpaired) electrons. The molecule has 0 spiro atoms. The van der Waals surface area contributed by atoms with Gasteiger partial charge in [0.15, 0.2) is 0 Å². The van der Waals surface area contributed by atoms with Crippen LogP contribution in [0, 0.1) is 5.41 Å². The minimum Gasteiger partial charge on any atom is -0.396 e. The maximum atomic E-state index is 8.91. The van der Waals surface area contributed by atoms with Crippen LogP contribution in [-0.2, 0) is 0 Å². The highest BCUT2D eigenvalue weighted by Crippen LogP contribution is 2.23. The van der Waals surface area contributed by atoms with Crippen LogP contribution in [0.1, 0.15) is 67.2 Å². The number of aliphatic hydroxyl groups is 1. The van der Waals surface area contributed by atoms with Crippen molar-refractivity contribution in [2.45, 2.75) is 78.8 Å². The molecule has 2 N–H and O–H groups in total. The van der Waals surface area contributed by atoms with Gasteiger partial charge in [-0.3, -0.25) is 0 Å². The third-order valence-electron chi connectivity index (χ3n) is 2.59. The predicted molar refractivity (Wildman–Crippen MR) is 71.7 cm³/mol. The van der Waals surface area contributed by atoms with Gasteiger partial charge in [0.1, 0.15) is 0 Å². The summed E-state index contributed by atoms with van der Waals surface area (Å²) in [5.41, 5.74) is 0.565. The van der Waals surface area contributed by atoms with E-state index < -0.39 is 0 Å². The maximum Gasteiger partial charge on any atom is 0.0431 e. The average Bonchev–Trinajstić information content (AvgIpc) is 2.06. The summed E-state index contributed by atoms with van der Waals surface area (Å²) in [6, 6.07) is 0.534. The lowest BCUT2D eigenvalue weighted by Gasteiger charge is -2.30. The van der Waals surface area contributed by atoms with Crippen LogP contribution in [0.3, 0.4) is 0 Å². The van der Waals surface area contributed by atoms with Gasteiger partial charge in [0.25, 0.3) is 0 Å². The number of aliphatic hydroxyl groups excluding tert-OH is 1. The number of rotatable bonds is 6. The van der Waals surface area contributed by atoms with Crippen LogP contribution in [0.2, 0.25) is 0 Å². The minimum atomic E-state index is 0.165. The van der Waals surface area contributed by atoms with Gasteiger partial charge < -0.3 is 10.4 Å². The Bertz CT molecular complexity index is 176. The maximum absolute atomic E-state index is 8.91. The Morgan fingerprint density at radius 3 is 1.94 bits per heavy atom. The van der Waals surface area contributed by atoms with E-state index in [-0.39, 0.29) is 5.54 Å². The van der Waals surface area contributed by atoms with Crippen LogP contribution < -0.4 is 5.32 Å². The first-order valence-electron chi connectivity index (χ1n) is 6.52. The Morgan fingerprint density at radius 1 is 1.00 bits per heavy atom. The van der Waals surface area contributed by atoms with Crippen molar-refractivity contribution in [2.24, 2.45) is 5.41 Å². The van der Waals surface area contributed by atoms with Crippen molar-refractivity contribution in [1.29, 1.82) is 0 Å². The third kappa shape index (κ3) is 10.4. The van der Waals surface area contributed by atoms with E-state index in [1.165, 1.54) is 12.8 Å². The third-order valence-corrected chi connectivity index (χ3v) is 2.59. The molecule has 0 aliphatic heterocycles. The van der Waals surface area contributed by atoms with Crippen LogP contribution in [0.25, 0.3) is 0 Å². The molecule has 0 aliphatic carbocycles. The lowest BCUT2D eigenvalue weighted by molar-refractivity contribution is 0.245. The molecule has 0 aromatic heterocycles. The van der Waals surface area contributed by atoms with Crippen LogP contribution in [0.15, 0.2) is 0 Å². The highest BCUT2D eigenvalue weighted by molar-refractivity contribution is 4.79. The second-order valence-electron chi connectivity index (χ2n) is 7.06. The minimum absolute atomic E-state index is 0.165. The van der Waals surface area contributed by atoms with Gasteiger partial charge in [0.05, 0.1) is 0 Å². The summed E-state index contributed by atoms with van der Waals surface area (Å²) in [4.78, 5) is 0. The van der Waals surface area contributed by atoms with Crippen molar-refractivity contribution in [1.82, 2.24) is 5.32 Å². The van der Waals surface area contributed by atoms with Gasteiger partial charge >= 0.3 is 0 Å². The molecule has 0 rings (SSSR count). The highest BCUT2D eigenvalue weighted by Gasteiger charge is 2.19. The number of hydrogen-bond acceptors (Lipinski definition) is 2. The molecule has 0 unspecified atom stereocenters. The second kappa shape index (κ2) is 6.61. The van der Waals surface area contributed by atoms with E-state index in [2.05, 4.69) is 46.9 Å². The predicted octanol–water partition coefficient (Wildman–Crippen LogP) is 3.34. The quantitative estimate of drug-likeness (QED) is 0.732. The summed E-state index contributed by atoms with van der Waals surface area (Å²) >= 11 is 0. The Kier molecular flexibility index (Phi) is 6.57. The Labute approximate surface area is 102 Å². The van der Waals surface area contributed by atoms with E-state index in [1.54, 1.807) is 0 Å². The van der Waals surface area contributed by atoms with Crippen molar-refractivity contribution < 1.29 is 5.11 Å². The van der Waals surface area contributed by atoms with E-state index >= 15 is 0 Å². The molecule has 0 aromatic rings. The summed E-state index contributed by atoms with van der Waals surface area (Å²) in [6.07, 6.45) is 4.40. The SMILES string of the molecule is CC(C)(C)CC[C@H](CCCO)NC(C)(C)C. The molecule has 98 valence electrons. The molecule has 0 fully saturated rings. The lowest BCUT2D eigenvalue weighted by Crippen LogP contribution is -2.44. The van der Waals surface area contributed by atoms with Crippen LogP contribution in [-0.4, -0.2) is 23.3 Å². The molecule has 16 heavy (non-hydrogen) atoms. The van der Waals surface area contributed by atoms with E-state index in [9.17, 15) is 0 Å². The molecule has 0 bridgehead atoms. The molecule has 0 aromatic carbocycles. The van der Waals surface area contributed by atoms with Crippen LogP contribution in [0.4, 0.5) is 0 Å². The topological polar surface area (TPSA) is 32.3 Å². The zero-order valence-electron chi connectivity index (χ0n) is 12.1. The molecule has 2 nitrogen and oxygen atoms in total. The van der Waals surface area contributed by atoms with Crippen LogP contribution >= 0.6 is 0 Å². The first-order chi connectivity index (χ1) is 7.14. The van der Waals surface area contributed by atoms with Gasteiger partial charge in [0, 0.05) is 18.2 Å². The summed E-state index contributed by atoms with van der Waals surface area (Å²) in [5.74, 6) is 0. The molecule has 0 saturated heterocycles. The smallest absolute Gasteiger partial charge is 0.0431 e. The van der Waals surface area contributed by atoms with Gasteiger partial charge in [-0.15, -0.1) is 0 Å².